The fourth-order valence-electron chi connectivity index (χ4n) is 2.65. The Balaban J connectivity index is 2.00. The molecule has 0 saturated heterocycles. The van der Waals surface area contributed by atoms with Crippen LogP contribution in [0.3, 0.4) is 0 Å². The first-order valence-electron chi connectivity index (χ1n) is 6.32. The summed E-state index contributed by atoms with van der Waals surface area (Å²) >= 11 is 3.41. The molecule has 1 aliphatic rings. The minimum absolute atomic E-state index is 0.0637. The van der Waals surface area contributed by atoms with E-state index in [4.69, 9.17) is 5.73 Å². The lowest BCUT2D eigenvalue weighted by molar-refractivity contribution is -0.00944. The fraction of sp³-hybridized carbons (Fsp3) is 0.571. The van der Waals surface area contributed by atoms with Crippen LogP contribution < -0.4 is 5.73 Å². The van der Waals surface area contributed by atoms with Gasteiger partial charge in [-0.25, -0.2) is 0 Å². The lowest BCUT2D eigenvalue weighted by Gasteiger charge is -2.34. The van der Waals surface area contributed by atoms with Gasteiger partial charge >= 0.3 is 0 Å². The van der Waals surface area contributed by atoms with E-state index in [1.807, 2.05) is 24.3 Å². The number of halogens is 1. The molecule has 0 heterocycles. The van der Waals surface area contributed by atoms with E-state index in [1.54, 1.807) is 0 Å². The van der Waals surface area contributed by atoms with Crippen LogP contribution in [-0.4, -0.2) is 10.7 Å². The van der Waals surface area contributed by atoms with Crippen molar-refractivity contribution in [3.8, 4) is 0 Å². The fourth-order valence-corrected chi connectivity index (χ4v) is 2.92. The van der Waals surface area contributed by atoms with Gasteiger partial charge in [0.1, 0.15) is 0 Å². The van der Waals surface area contributed by atoms with Crippen LogP contribution in [0.5, 0.6) is 0 Å². The number of hydrogen-bond acceptors (Lipinski definition) is 2. The van der Waals surface area contributed by atoms with Gasteiger partial charge in [-0.1, -0.05) is 47.3 Å². The van der Waals surface area contributed by atoms with Gasteiger partial charge in [-0.05, 0) is 37.0 Å². The van der Waals surface area contributed by atoms with Crippen LogP contribution in [-0.2, 0) is 0 Å². The second-order valence-electron chi connectivity index (χ2n) is 5.15. The third kappa shape index (κ3) is 3.54. The molecule has 0 bridgehead atoms. The van der Waals surface area contributed by atoms with Crippen LogP contribution in [0.25, 0.3) is 0 Å². The zero-order valence-corrected chi connectivity index (χ0v) is 11.6. The van der Waals surface area contributed by atoms with Crippen LogP contribution in [0, 0.1) is 0 Å². The molecular weight excluding hydrogens is 278 g/mol. The predicted octanol–water partition coefficient (Wildman–Crippen LogP) is 3.53. The van der Waals surface area contributed by atoms with Gasteiger partial charge in [-0.15, -0.1) is 0 Å². The van der Waals surface area contributed by atoms with E-state index >= 15 is 0 Å². The van der Waals surface area contributed by atoms with Crippen LogP contribution in [0.15, 0.2) is 28.7 Å². The van der Waals surface area contributed by atoms with Gasteiger partial charge in [0.05, 0.1) is 5.60 Å². The third-order valence-corrected chi connectivity index (χ3v) is 4.21. The topological polar surface area (TPSA) is 46.2 Å². The van der Waals surface area contributed by atoms with Gasteiger partial charge in [0.25, 0.3) is 0 Å². The maximum Gasteiger partial charge on any atom is 0.0665 e. The van der Waals surface area contributed by atoms with Crippen molar-refractivity contribution < 1.29 is 5.11 Å². The molecule has 1 unspecified atom stereocenters. The maximum atomic E-state index is 10.5. The molecule has 3 heteroatoms. The van der Waals surface area contributed by atoms with Crippen LogP contribution >= 0.6 is 15.9 Å². The normalized spacial score (nSPS) is 21.1. The van der Waals surface area contributed by atoms with Gasteiger partial charge in [0.15, 0.2) is 0 Å². The standard InChI is InChI=1S/C14H20BrNO/c15-12-6-4-11(5-7-12)13(16)10-14(17)8-2-1-3-9-14/h4-7,13,17H,1-3,8-10,16H2. The lowest BCUT2D eigenvalue weighted by Crippen LogP contribution is -2.35. The molecule has 1 aromatic carbocycles. The Hall–Kier alpha value is -0.380. The van der Waals surface area contributed by atoms with E-state index in [0.29, 0.717) is 6.42 Å². The molecule has 0 spiro atoms. The van der Waals surface area contributed by atoms with E-state index in [-0.39, 0.29) is 6.04 Å². The van der Waals surface area contributed by atoms with Crippen LogP contribution in [0.2, 0.25) is 0 Å². The van der Waals surface area contributed by atoms with Crippen molar-refractivity contribution in [2.45, 2.75) is 50.2 Å². The quantitative estimate of drug-likeness (QED) is 0.896. The highest BCUT2D eigenvalue weighted by atomic mass is 79.9. The molecule has 1 fully saturated rings. The Morgan fingerprint density at radius 3 is 2.35 bits per heavy atom. The summed E-state index contributed by atoms with van der Waals surface area (Å²) in [7, 11) is 0. The number of rotatable bonds is 3. The Bertz CT molecular complexity index is 357. The molecule has 1 saturated carbocycles. The minimum atomic E-state index is -0.537. The first-order chi connectivity index (χ1) is 8.09. The first kappa shape index (κ1) is 13.1. The third-order valence-electron chi connectivity index (χ3n) is 3.68. The highest BCUT2D eigenvalue weighted by Gasteiger charge is 2.31. The first-order valence-corrected chi connectivity index (χ1v) is 7.12. The summed E-state index contributed by atoms with van der Waals surface area (Å²) in [5.41, 5.74) is 6.75. The van der Waals surface area contributed by atoms with Crippen molar-refractivity contribution in [3.05, 3.63) is 34.3 Å². The molecule has 1 aromatic rings. The van der Waals surface area contributed by atoms with Gasteiger partial charge in [-0.2, -0.15) is 0 Å². The van der Waals surface area contributed by atoms with E-state index in [9.17, 15) is 5.11 Å². The summed E-state index contributed by atoms with van der Waals surface area (Å²) in [6.07, 6.45) is 5.98. The van der Waals surface area contributed by atoms with Crippen LogP contribution in [0.4, 0.5) is 0 Å². The molecule has 2 rings (SSSR count). The largest absolute Gasteiger partial charge is 0.390 e. The number of nitrogens with two attached hydrogens (primary N) is 1. The molecule has 0 aliphatic heterocycles. The van der Waals surface area contributed by atoms with Crippen molar-refractivity contribution in [2.75, 3.05) is 0 Å². The number of aliphatic hydroxyl groups is 1. The zero-order chi connectivity index (χ0) is 12.3. The van der Waals surface area contributed by atoms with Crippen molar-refractivity contribution in [1.82, 2.24) is 0 Å². The molecule has 1 atom stereocenters. The molecule has 94 valence electrons. The lowest BCUT2D eigenvalue weighted by atomic mass is 9.79. The van der Waals surface area contributed by atoms with E-state index in [0.717, 1.165) is 35.7 Å². The van der Waals surface area contributed by atoms with Gasteiger partial charge in [0, 0.05) is 10.5 Å². The average Bonchev–Trinajstić information content (AvgIpc) is 2.30. The Morgan fingerprint density at radius 2 is 1.76 bits per heavy atom. The molecular formula is C14H20BrNO. The van der Waals surface area contributed by atoms with Crippen LogP contribution in [0.1, 0.15) is 50.1 Å². The zero-order valence-electron chi connectivity index (χ0n) is 10.0. The van der Waals surface area contributed by atoms with E-state index in [2.05, 4.69) is 15.9 Å². The molecule has 0 amide bonds. The maximum absolute atomic E-state index is 10.5. The smallest absolute Gasteiger partial charge is 0.0665 e. The predicted molar refractivity (Wildman–Crippen MR) is 73.7 cm³/mol. The molecule has 17 heavy (non-hydrogen) atoms. The number of benzene rings is 1. The van der Waals surface area contributed by atoms with E-state index in [1.165, 1.54) is 6.42 Å². The summed E-state index contributed by atoms with van der Waals surface area (Å²) in [4.78, 5) is 0. The monoisotopic (exact) mass is 297 g/mol. The number of hydrogen-bond donors (Lipinski definition) is 2. The summed E-state index contributed by atoms with van der Waals surface area (Å²) in [5, 5.41) is 10.5. The highest BCUT2D eigenvalue weighted by Crippen LogP contribution is 2.34. The molecule has 3 N–H and O–H groups in total. The summed E-state index contributed by atoms with van der Waals surface area (Å²) < 4.78 is 1.06. The Kier molecular flexibility index (Phi) is 4.23. The second-order valence-corrected chi connectivity index (χ2v) is 6.06. The summed E-state index contributed by atoms with van der Waals surface area (Å²) in [6, 6.07) is 7.99. The second kappa shape index (κ2) is 5.51. The van der Waals surface area contributed by atoms with Gasteiger partial charge in [0.2, 0.25) is 0 Å². The van der Waals surface area contributed by atoms with Crippen molar-refractivity contribution in [3.63, 3.8) is 0 Å². The molecule has 2 nitrogen and oxygen atoms in total. The summed E-state index contributed by atoms with van der Waals surface area (Å²) in [6.45, 7) is 0. The van der Waals surface area contributed by atoms with Crippen molar-refractivity contribution >= 4 is 15.9 Å². The molecule has 0 aromatic heterocycles. The SMILES string of the molecule is NC(CC1(O)CCCCC1)c1ccc(Br)cc1. The van der Waals surface area contributed by atoms with Crippen molar-refractivity contribution in [1.29, 1.82) is 0 Å². The minimum Gasteiger partial charge on any atom is -0.390 e. The Labute approximate surface area is 111 Å². The van der Waals surface area contributed by atoms with E-state index < -0.39 is 5.60 Å². The molecule has 0 radical (unpaired) electrons. The average molecular weight is 298 g/mol. The van der Waals surface area contributed by atoms with Gasteiger partial charge in [-0.3, -0.25) is 0 Å². The van der Waals surface area contributed by atoms with Crippen molar-refractivity contribution in [2.24, 2.45) is 5.73 Å². The van der Waals surface area contributed by atoms with Gasteiger partial charge < -0.3 is 10.8 Å². The highest BCUT2D eigenvalue weighted by molar-refractivity contribution is 9.10. The molecule has 1 aliphatic carbocycles. The Morgan fingerprint density at radius 1 is 1.18 bits per heavy atom. The summed E-state index contributed by atoms with van der Waals surface area (Å²) in [5.74, 6) is 0.